The topological polar surface area (TPSA) is 139 Å². The highest BCUT2D eigenvalue weighted by Crippen LogP contribution is 2.23. The molecule has 1 unspecified atom stereocenters. The van der Waals surface area contributed by atoms with E-state index in [1.54, 1.807) is 25.3 Å². The molecule has 3 aromatic carbocycles. The van der Waals surface area contributed by atoms with Crippen molar-refractivity contribution in [3.05, 3.63) is 83.9 Å². The Bertz CT molecular complexity index is 1110. The summed E-state index contributed by atoms with van der Waals surface area (Å²) in [6.45, 7) is 2.35. The van der Waals surface area contributed by atoms with Crippen LogP contribution < -0.4 is 15.8 Å². The van der Waals surface area contributed by atoms with Crippen LogP contribution >= 0.6 is 0 Å². The molecule has 3 rings (SSSR count). The number of rotatable bonds is 11. The second-order valence-electron chi connectivity index (χ2n) is 8.35. The van der Waals surface area contributed by atoms with Crippen LogP contribution in [0.2, 0.25) is 0 Å². The van der Waals surface area contributed by atoms with Gasteiger partial charge in [-0.05, 0) is 67.3 Å². The molecule has 0 saturated heterocycles. The first-order chi connectivity index (χ1) is 18.3. The standard InChI is InChI=1S/C16H16O3.C13H17NO3.CH5N/c1-19-15-9-7-14(8-10-15)13-5-2-12(3-6-13)4-11-16(17)18;1-10(9-15)5-4-8-14-13(17)11-6-2-3-7-12(11)16;1-2/h2-3,5-10H,4,11H2,1H3,(H,17,18);2-3,6-7,9-10,16H,4-5,8H2,1H3,(H,14,17);2H2,1H3. The van der Waals surface area contributed by atoms with Crippen molar-refractivity contribution in [2.24, 2.45) is 11.7 Å². The Kier molecular flexibility index (Phi) is 15.2. The van der Waals surface area contributed by atoms with Gasteiger partial charge in [-0.15, -0.1) is 0 Å². The molecule has 1 atom stereocenters. The van der Waals surface area contributed by atoms with Crippen molar-refractivity contribution in [3.63, 3.8) is 0 Å². The van der Waals surface area contributed by atoms with Gasteiger partial charge in [0.05, 0.1) is 12.7 Å². The predicted octanol–water partition coefficient (Wildman–Crippen LogP) is 4.69. The molecule has 0 radical (unpaired) electrons. The van der Waals surface area contributed by atoms with Crippen LogP contribution in [0.15, 0.2) is 72.8 Å². The Hall–Kier alpha value is -4.17. The number of aliphatic carboxylic acids is 1. The Morgan fingerprint density at radius 3 is 2.08 bits per heavy atom. The number of aryl methyl sites for hydroxylation is 1. The zero-order valence-corrected chi connectivity index (χ0v) is 22.2. The molecule has 0 aliphatic heterocycles. The Morgan fingerprint density at radius 1 is 0.974 bits per heavy atom. The molecule has 0 fully saturated rings. The van der Waals surface area contributed by atoms with E-state index in [0.29, 0.717) is 13.0 Å². The number of benzene rings is 3. The van der Waals surface area contributed by atoms with Gasteiger partial charge < -0.3 is 30.8 Å². The maximum absolute atomic E-state index is 11.6. The van der Waals surface area contributed by atoms with Gasteiger partial charge in [0.1, 0.15) is 17.8 Å². The molecule has 0 saturated carbocycles. The lowest BCUT2D eigenvalue weighted by atomic mass is 10.0. The van der Waals surface area contributed by atoms with E-state index in [1.807, 2.05) is 55.5 Å². The highest BCUT2D eigenvalue weighted by atomic mass is 16.5. The summed E-state index contributed by atoms with van der Waals surface area (Å²) in [7, 11) is 3.15. The van der Waals surface area contributed by atoms with Crippen molar-refractivity contribution in [1.82, 2.24) is 5.32 Å². The van der Waals surface area contributed by atoms with Crippen molar-refractivity contribution in [2.75, 3.05) is 20.7 Å². The zero-order valence-electron chi connectivity index (χ0n) is 22.2. The summed E-state index contributed by atoms with van der Waals surface area (Å²) in [5, 5.41) is 20.8. The first-order valence-electron chi connectivity index (χ1n) is 12.4. The van der Waals surface area contributed by atoms with Crippen LogP contribution in [0.3, 0.4) is 0 Å². The number of carbonyl (C=O) groups excluding carboxylic acids is 2. The molecule has 5 N–H and O–H groups in total. The van der Waals surface area contributed by atoms with Crippen molar-refractivity contribution in [1.29, 1.82) is 0 Å². The Labute approximate surface area is 224 Å². The summed E-state index contributed by atoms with van der Waals surface area (Å²) in [5.74, 6) is -0.216. The summed E-state index contributed by atoms with van der Waals surface area (Å²) in [5.41, 5.74) is 8.04. The van der Waals surface area contributed by atoms with E-state index in [4.69, 9.17) is 9.84 Å². The minimum Gasteiger partial charge on any atom is -0.507 e. The van der Waals surface area contributed by atoms with Crippen LogP contribution in [-0.2, 0) is 16.0 Å². The number of nitrogens with two attached hydrogens (primary N) is 1. The van der Waals surface area contributed by atoms with Crippen LogP contribution in [0.25, 0.3) is 11.1 Å². The number of nitrogens with one attached hydrogen (secondary N) is 1. The van der Waals surface area contributed by atoms with Gasteiger partial charge in [-0.25, -0.2) is 0 Å². The number of aromatic hydroxyl groups is 1. The quantitative estimate of drug-likeness (QED) is 0.212. The SMILES string of the molecule is CC(C=O)CCCNC(=O)c1ccccc1O.CN.COc1ccc(-c2ccc(CCC(=O)O)cc2)cc1. The fourth-order valence-corrected chi connectivity index (χ4v) is 3.35. The summed E-state index contributed by atoms with van der Waals surface area (Å²) in [6, 6.07) is 22.2. The van der Waals surface area contributed by atoms with Crippen LogP contribution in [0.5, 0.6) is 11.5 Å². The van der Waals surface area contributed by atoms with E-state index in [2.05, 4.69) is 11.1 Å². The minimum atomic E-state index is -0.765. The van der Waals surface area contributed by atoms with E-state index >= 15 is 0 Å². The number of amides is 1. The molecular weight excluding hydrogens is 484 g/mol. The van der Waals surface area contributed by atoms with Crippen molar-refractivity contribution >= 4 is 18.2 Å². The predicted molar refractivity (Wildman–Crippen MR) is 149 cm³/mol. The maximum Gasteiger partial charge on any atom is 0.303 e. The molecule has 204 valence electrons. The maximum atomic E-state index is 11.6. The molecule has 8 nitrogen and oxygen atoms in total. The number of phenolic OH excluding ortho intramolecular Hbond substituents is 1. The van der Waals surface area contributed by atoms with Crippen molar-refractivity contribution < 1.29 is 29.3 Å². The number of carboxylic acid groups (broad SMARTS) is 1. The molecule has 0 aliphatic rings. The zero-order chi connectivity index (χ0) is 28.3. The Morgan fingerprint density at radius 2 is 1.55 bits per heavy atom. The van der Waals surface area contributed by atoms with Gasteiger partial charge in [0, 0.05) is 18.9 Å². The summed E-state index contributed by atoms with van der Waals surface area (Å²) < 4.78 is 5.12. The number of aldehydes is 1. The fraction of sp³-hybridized carbons (Fsp3) is 0.300. The van der Waals surface area contributed by atoms with Crippen molar-refractivity contribution in [2.45, 2.75) is 32.6 Å². The third-order valence-electron chi connectivity index (χ3n) is 5.51. The van der Waals surface area contributed by atoms with E-state index < -0.39 is 5.97 Å². The number of hydrogen-bond acceptors (Lipinski definition) is 6. The highest BCUT2D eigenvalue weighted by Gasteiger charge is 2.09. The third kappa shape index (κ3) is 11.7. The molecule has 0 aliphatic carbocycles. The van der Waals surface area contributed by atoms with Gasteiger partial charge in [-0.3, -0.25) is 9.59 Å². The van der Waals surface area contributed by atoms with E-state index in [-0.39, 0.29) is 29.6 Å². The van der Waals surface area contributed by atoms with Crippen LogP contribution in [0, 0.1) is 5.92 Å². The molecular formula is C30H38N2O6. The van der Waals surface area contributed by atoms with Gasteiger partial charge in [0.15, 0.2) is 0 Å². The van der Waals surface area contributed by atoms with Crippen LogP contribution in [0.1, 0.15) is 42.1 Å². The number of carboxylic acids is 1. The monoisotopic (exact) mass is 522 g/mol. The highest BCUT2D eigenvalue weighted by molar-refractivity contribution is 5.96. The third-order valence-corrected chi connectivity index (χ3v) is 5.51. The number of para-hydroxylation sites is 1. The van der Waals surface area contributed by atoms with Gasteiger partial charge in [-0.2, -0.15) is 0 Å². The lowest BCUT2D eigenvalue weighted by Crippen LogP contribution is -2.24. The van der Waals surface area contributed by atoms with E-state index in [1.165, 1.54) is 13.1 Å². The lowest BCUT2D eigenvalue weighted by Gasteiger charge is -2.07. The Balaban J connectivity index is 0.000000359. The van der Waals surface area contributed by atoms with Crippen LogP contribution in [0.4, 0.5) is 0 Å². The molecule has 0 aromatic heterocycles. The number of phenols is 1. The molecule has 0 bridgehead atoms. The second-order valence-corrected chi connectivity index (χ2v) is 8.35. The van der Waals surface area contributed by atoms with E-state index in [0.717, 1.165) is 41.6 Å². The van der Waals surface area contributed by atoms with Gasteiger partial charge in [0.25, 0.3) is 5.91 Å². The number of methoxy groups -OCH3 is 1. The average molecular weight is 523 g/mol. The summed E-state index contributed by atoms with van der Waals surface area (Å²) in [6.07, 6.45) is 3.15. The van der Waals surface area contributed by atoms with Gasteiger partial charge in [0.2, 0.25) is 0 Å². The molecule has 8 heteroatoms. The normalized spacial score (nSPS) is 10.5. The minimum absolute atomic E-state index is 0.0220. The van der Waals surface area contributed by atoms with Gasteiger partial charge in [-0.1, -0.05) is 55.5 Å². The second kappa shape index (κ2) is 18.1. The lowest BCUT2D eigenvalue weighted by molar-refractivity contribution is -0.137. The van der Waals surface area contributed by atoms with Crippen molar-refractivity contribution in [3.8, 4) is 22.6 Å². The van der Waals surface area contributed by atoms with Gasteiger partial charge >= 0.3 is 5.97 Å². The molecule has 0 heterocycles. The summed E-state index contributed by atoms with van der Waals surface area (Å²) >= 11 is 0. The molecule has 3 aromatic rings. The first kappa shape index (κ1) is 31.9. The molecule has 38 heavy (non-hydrogen) atoms. The number of carbonyl (C=O) groups is 3. The average Bonchev–Trinajstić information content (AvgIpc) is 2.96. The smallest absolute Gasteiger partial charge is 0.303 e. The number of hydrogen-bond donors (Lipinski definition) is 4. The number of ether oxygens (including phenoxy) is 1. The largest absolute Gasteiger partial charge is 0.507 e. The van der Waals surface area contributed by atoms with E-state index in [9.17, 15) is 19.5 Å². The summed E-state index contributed by atoms with van der Waals surface area (Å²) in [4.78, 5) is 32.5. The molecule has 1 amide bonds. The molecule has 0 spiro atoms. The fourth-order valence-electron chi connectivity index (χ4n) is 3.35. The first-order valence-corrected chi connectivity index (χ1v) is 12.4. The van der Waals surface area contributed by atoms with Crippen LogP contribution in [-0.4, -0.2) is 49.1 Å².